The van der Waals surface area contributed by atoms with E-state index in [0.29, 0.717) is 28.8 Å². The van der Waals surface area contributed by atoms with Gasteiger partial charge in [-0.3, -0.25) is 14.7 Å². The number of fused-ring (bicyclic) bond motifs is 1. The molecule has 4 heterocycles. The van der Waals surface area contributed by atoms with Gasteiger partial charge in [-0.15, -0.1) is 16.4 Å². The van der Waals surface area contributed by atoms with Crippen LogP contribution >= 0.6 is 11.3 Å². The summed E-state index contributed by atoms with van der Waals surface area (Å²) in [7, 11) is 0. The Bertz CT molecular complexity index is 1390. The highest BCUT2D eigenvalue weighted by Crippen LogP contribution is 2.31. The smallest absolute Gasteiger partial charge is 0.230 e. The number of hydrogen-bond donors (Lipinski definition) is 0. The Morgan fingerprint density at radius 1 is 1.26 bits per heavy atom. The molecular weight excluding hydrogens is 419 g/mol. The summed E-state index contributed by atoms with van der Waals surface area (Å²) in [5.74, 6) is -0.815. The first-order valence-corrected chi connectivity index (χ1v) is 10.2. The third-order valence-corrected chi connectivity index (χ3v) is 5.50. The molecule has 0 bridgehead atoms. The number of rotatable bonds is 5. The molecule has 0 N–H and O–H groups in total. The van der Waals surface area contributed by atoms with Gasteiger partial charge in [0.15, 0.2) is 5.13 Å². The van der Waals surface area contributed by atoms with Crippen molar-refractivity contribution in [3.63, 3.8) is 0 Å². The highest BCUT2D eigenvalue weighted by atomic mass is 32.1. The van der Waals surface area contributed by atoms with E-state index in [9.17, 15) is 9.18 Å². The Balaban J connectivity index is 1.41. The number of carbonyl (C=O) groups excluding carboxylic acids is 1. The summed E-state index contributed by atoms with van der Waals surface area (Å²) in [6.45, 7) is 1.72. The Labute approximate surface area is 179 Å². The average Bonchev–Trinajstić information content (AvgIpc) is 3.50. The number of halogens is 1. The lowest BCUT2D eigenvalue weighted by Crippen LogP contribution is -2.23. The van der Waals surface area contributed by atoms with E-state index in [4.69, 9.17) is 4.42 Å². The molecule has 154 valence electrons. The van der Waals surface area contributed by atoms with E-state index in [1.54, 1.807) is 47.6 Å². The number of para-hydroxylation sites is 1. The molecule has 31 heavy (non-hydrogen) atoms. The second-order valence-electron chi connectivity index (χ2n) is 6.72. The fourth-order valence-electron chi connectivity index (χ4n) is 3.26. The number of amides is 1. The maximum atomic E-state index is 14.2. The standard InChI is InChI=1S/C21H15FN6O2S/c1-13(29)28(18-5-3-2-4-16(18)22)21-24-14(12-31-21)10-27-11-17(25-26-27)20-15-7-9-30-19(15)6-8-23-20/h2-9,11-12H,10H2,1H3. The van der Waals surface area contributed by atoms with Gasteiger partial charge in [-0.25, -0.2) is 14.1 Å². The lowest BCUT2D eigenvalue weighted by molar-refractivity contribution is -0.115. The molecule has 0 aliphatic carbocycles. The molecule has 0 aliphatic rings. The average molecular weight is 434 g/mol. The molecule has 0 radical (unpaired) electrons. The van der Waals surface area contributed by atoms with E-state index in [2.05, 4.69) is 20.3 Å². The molecule has 8 nitrogen and oxygen atoms in total. The summed E-state index contributed by atoms with van der Waals surface area (Å²) < 4.78 is 21.3. The maximum absolute atomic E-state index is 14.2. The Morgan fingerprint density at radius 3 is 2.97 bits per heavy atom. The lowest BCUT2D eigenvalue weighted by atomic mass is 10.2. The Morgan fingerprint density at radius 2 is 2.13 bits per heavy atom. The number of pyridine rings is 1. The molecule has 0 spiro atoms. The Hall–Kier alpha value is -3.92. The van der Waals surface area contributed by atoms with Crippen LogP contribution in [0.3, 0.4) is 0 Å². The van der Waals surface area contributed by atoms with Gasteiger partial charge in [0.2, 0.25) is 5.91 Å². The van der Waals surface area contributed by atoms with Crippen molar-refractivity contribution in [1.29, 1.82) is 0 Å². The minimum absolute atomic E-state index is 0.165. The molecule has 4 aromatic heterocycles. The summed E-state index contributed by atoms with van der Waals surface area (Å²) in [5.41, 5.74) is 2.85. The van der Waals surface area contributed by atoms with Crippen molar-refractivity contribution in [2.24, 2.45) is 0 Å². The molecule has 1 aromatic carbocycles. The van der Waals surface area contributed by atoms with E-state index in [0.717, 1.165) is 11.0 Å². The number of furan rings is 1. The SMILES string of the molecule is CC(=O)N(c1nc(Cn2cc(-c3nccc4occc34)nn2)cs1)c1ccccc1F. The van der Waals surface area contributed by atoms with Crippen LogP contribution in [0.1, 0.15) is 12.6 Å². The predicted octanol–water partition coefficient (Wildman–Crippen LogP) is 4.41. The number of thiazole rings is 1. The third-order valence-electron chi connectivity index (χ3n) is 4.62. The van der Waals surface area contributed by atoms with E-state index in [-0.39, 0.29) is 11.6 Å². The van der Waals surface area contributed by atoms with Gasteiger partial charge in [0.05, 0.1) is 30.4 Å². The molecule has 0 saturated heterocycles. The summed E-state index contributed by atoms with van der Waals surface area (Å²) in [4.78, 5) is 22.4. The lowest BCUT2D eigenvalue weighted by Gasteiger charge is -2.18. The van der Waals surface area contributed by atoms with E-state index in [1.165, 1.54) is 29.2 Å². The number of hydrogen-bond acceptors (Lipinski definition) is 7. The highest BCUT2D eigenvalue weighted by molar-refractivity contribution is 7.14. The molecule has 0 atom stereocenters. The van der Waals surface area contributed by atoms with Crippen molar-refractivity contribution in [2.75, 3.05) is 4.90 Å². The van der Waals surface area contributed by atoms with E-state index < -0.39 is 5.82 Å². The van der Waals surface area contributed by atoms with Gasteiger partial charge >= 0.3 is 0 Å². The fraction of sp³-hybridized carbons (Fsp3) is 0.0952. The Kier molecular flexibility index (Phi) is 4.75. The molecule has 0 fully saturated rings. The molecular formula is C21H15FN6O2S. The number of benzene rings is 1. The van der Waals surface area contributed by atoms with Crippen molar-refractivity contribution in [1.82, 2.24) is 25.0 Å². The van der Waals surface area contributed by atoms with E-state index in [1.807, 2.05) is 11.4 Å². The first-order chi connectivity index (χ1) is 15.1. The van der Waals surface area contributed by atoms with Crippen molar-refractivity contribution < 1.29 is 13.6 Å². The third kappa shape index (κ3) is 3.57. The van der Waals surface area contributed by atoms with Crippen LogP contribution in [-0.2, 0) is 11.3 Å². The highest BCUT2D eigenvalue weighted by Gasteiger charge is 2.21. The van der Waals surface area contributed by atoms with Crippen molar-refractivity contribution in [3.05, 3.63) is 71.9 Å². The zero-order valence-corrected chi connectivity index (χ0v) is 17.1. The van der Waals surface area contributed by atoms with Crippen molar-refractivity contribution >= 4 is 39.0 Å². The van der Waals surface area contributed by atoms with Crippen LogP contribution in [0.5, 0.6) is 0 Å². The minimum Gasteiger partial charge on any atom is -0.464 e. The van der Waals surface area contributed by atoms with Gasteiger partial charge in [0, 0.05) is 23.9 Å². The monoisotopic (exact) mass is 434 g/mol. The zero-order valence-electron chi connectivity index (χ0n) is 16.3. The van der Waals surface area contributed by atoms with Crippen LogP contribution in [0.4, 0.5) is 15.2 Å². The van der Waals surface area contributed by atoms with E-state index >= 15 is 0 Å². The quantitative estimate of drug-likeness (QED) is 0.407. The van der Waals surface area contributed by atoms with Crippen LogP contribution in [-0.4, -0.2) is 30.9 Å². The second kappa shape index (κ2) is 7.73. The topological polar surface area (TPSA) is 89.9 Å². The first kappa shape index (κ1) is 19.1. The predicted molar refractivity (Wildman–Crippen MR) is 113 cm³/mol. The summed E-state index contributed by atoms with van der Waals surface area (Å²) in [6.07, 6.45) is 5.03. The molecule has 0 unspecified atom stereocenters. The molecule has 5 rings (SSSR count). The number of nitrogens with zero attached hydrogens (tertiary/aromatic N) is 6. The largest absolute Gasteiger partial charge is 0.464 e. The fourth-order valence-corrected chi connectivity index (χ4v) is 4.13. The van der Waals surface area contributed by atoms with Gasteiger partial charge in [-0.2, -0.15) is 0 Å². The number of anilines is 2. The van der Waals surface area contributed by atoms with Crippen molar-refractivity contribution in [3.8, 4) is 11.4 Å². The number of carbonyl (C=O) groups is 1. The van der Waals surface area contributed by atoms with Crippen LogP contribution in [0, 0.1) is 5.82 Å². The first-order valence-electron chi connectivity index (χ1n) is 9.32. The molecule has 10 heteroatoms. The maximum Gasteiger partial charge on any atom is 0.230 e. The van der Waals surface area contributed by atoms with Crippen molar-refractivity contribution in [2.45, 2.75) is 13.5 Å². The summed E-state index contributed by atoms with van der Waals surface area (Å²) in [5, 5.41) is 11.4. The van der Waals surface area contributed by atoms with Crippen LogP contribution in [0.2, 0.25) is 0 Å². The van der Waals surface area contributed by atoms with Gasteiger partial charge in [-0.05, 0) is 24.3 Å². The normalized spacial score (nSPS) is 11.2. The van der Waals surface area contributed by atoms with Crippen LogP contribution < -0.4 is 4.90 Å². The summed E-state index contributed by atoms with van der Waals surface area (Å²) in [6, 6.07) is 9.73. The molecule has 1 amide bonds. The summed E-state index contributed by atoms with van der Waals surface area (Å²) >= 11 is 1.26. The second-order valence-corrected chi connectivity index (χ2v) is 7.56. The number of aromatic nitrogens is 5. The van der Waals surface area contributed by atoms with Gasteiger partial charge in [-0.1, -0.05) is 17.3 Å². The molecule has 0 saturated carbocycles. The van der Waals surface area contributed by atoms with Crippen LogP contribution in [0.15, 0.2) is 64.9 Å². The minimum atomic E-state index is -0.490. The molecule has 5 aromatic rings. The van der Waals surface area contributed by atoms with Gasteiger partial charge in [0.25, 0.3) is 0 Å². The molecule has 0 aliphatic heterocycles. The van der Waals surface area contributed by atoms with Crippen LogP contribution in [0.25, 0.3) is 22.4 Å². The van der Waals surface area contributed by atoms with Gasteiger partial charge < -0.3 is 4.42 Å². The zero-order chi connectivity index (χ0) is 21.4. The van der Waals surface area contributed by atoms with Gasteiger partial charge in [0.1, 0.15) is 22.8 Å².